The van der Waals surface area contributed by atoms with E-state index in [-0.39, 0.29) is 11.4 Å². The van der Waals surface area contributed by atoms with Crippen molar-refractivity contribution >= 4 is 11.8 Å². The highest BCUT2D eigenvalue weighted by Gasteiger charge is 2.08. The van der Waals surface area contributed by atoms with Gasteiger partial charge >= 0.3 is 5.97 Å². The van der Waals surface area contributed by atoms with Gasteiger partial charge in [-0.15, -0.1) is 0 Å². The van der Waals surface area contributed by atoms with E-state index in [0.29, 0.717) is 0 Å². The number of nitrogens with zero attached hydrogens (tertiary/aromatic N) is 1. The van der Waals surface area contributed by atoms with Gasteiger partial charge in [0.05, 0.1) is 0 Å². The van der Waals surface area contributed by atoms with Crippen LogP contribution in [-0.2, 0) is 0 Å². The zero-order valence-corrected chi connectivity index (χ0v) is 5.37. The summed E-state index contributed by atoms with van der Waals surface area (Å²) in [5.74, 6) is -1.46. The lowest BCUT2D eigenvalue weighted by molar-refractivity contribution is 0.0697. The first-order valence-corrected chi connectivity index (χ1v) is 2.70. The predicted molar refractivity (Wildman–Crippen MR) is 36.2 cm³/mol. The minimum Gasteiger partial charge on any atom is -0.478 e. The predicted octanol–water partition coefficient (Wildman–Crippen LogP) is -0.950. The van der Waals surface area contributed by atoms with Gasteiger partial charge in [0, 0.05) is 6.07 Å². The highest BCUT2D eigenvalue weighted by atomic mass is 16.4. The highest BCUT2D eigenvalue weighted by molar-refractivity contribution is 5.92. The van der Waals surface area contributed by atoms with Crippen molar-refractivity contribution in [3.8, 4) is 0 Å². The summed E-state index contributed by atoms with van der Waals surface area (Å²) in [5.41, 5.74) is 4.26. The molecule has 0 spiro atoms. The number of H-pyrrole nitrogens is 1. The molecule has 0 radical (unpaired) electrons. The molecule has 6 heteroatoms. The number of nitrogens with two attached hydrogens (primary N) is 1. The van der Waals surface area contributed by atoms with Crippen molar-refractivity contribution < 1.29 is 9.90 Å². The second-order valence-corrected chi connectivity index (χ2v) is 1.84. The van der Waals surface area contributed by atoms with E-state index in [1.807, 2.05) is 5.10 Å². The Labute approximate surface area is 60.7 Å². The summed E-state index contributed by atoms with van der Waals surface area (Å²) in [4.78, 5) is 20.8. The molecular weight excluding hydrogens is 150 g/mol. The molecule has 1 aromatic heterocycles. The van der Waals surface area contributed by atoms with Gasteiger partial charge in [-0.25, -0.2) is 9.89 Å². The van der Waals surface area contributed by atoms with Gasteiger partial charge in [-0.3, -0.25) is 4.79 Å². The Hall–Kier alpha value is -1.85. The number of hydrogen-bond donors (Lipinski definition) is 3. The Balaban J connectivity index is 3.35. The Bertz CT molecular complexity index is 343. The van der Waals surface area contributed by atoms with E-state index in [9.17, 15) is 9.59 Å². The summed E-state index contributed by atoms with van der Waals surface area (Å²) < 4.78 is 0. The van der Waals surface area contributed by atoms with Gasteiger partial charge in [-0.1, -0.05) is 0 Å². The summed E-state index contributed by atoms with van der Waals surface area (Å²) in [5, 5.41) is 13.7. The van der Waals surface area contributed by atoms with Crippen molar-refractivity contribution in [3.63, 3.8) is 0 Å². The molecule has 0 bridgehead atoms. The Morgan fingerprint density at radius 2 is 2.36 bits per heavy atom. The molecule has 0 unspecified atom stereocenters. The van der Waals surface area contributed by atoms with E-state index in [2.05, 4.69) is 5.10 Å². The maximum Gasteiger partial charge on any atom is 0.339 e. The van der Waals surface area contributed by atoms with E-state index >= 15 is 0 Å². The normalized spacial score (nSPS) is 9.45. The SMILES string of the molecule is Nc1n[nH]c(=O)cc1C(=O)O. The molecule has 0 aliphatic carbocycles. The van der Waals surface area contributed by atoms with Gasteiger partial charge in [0.2, 0.25) is 0 Å². The van der Waals surface area contributed by atoms with Crippen LogP contribution in [0, 0.1) is 0 Å². The molecule has 0 aliphatic heterocycles. The van der Waals surface area contributed by atoms with Crippen LogP contribution >= 0.6 is 0 Å². The zero-order chi connectivity index (χ0) is 8.43. The summed E-state index contributed by atoms with van der Waals surface area (Å²) in [6.07, 6.45) is 0. The monoisotopic (exact) mass is 155 g/mol. The fourth-order valence-corrected chi connectivity index (χ4v) is 0.584. The van der Waals surface area contributed by atoms with Crippen LogP contribution in [0.4, 0.5) is 5.82 Å². The molecule has 0 saturated carbocycles. The number of rotatable bonds is 1. The van der Waals surface area contributed by atoms with E-state index in [1.165, 1.54) is 0 Å². The summed E-state index contributed by atoms with van der Waals surface area (Å²) in [6.45, 7) is 0. The second kappa shape index (κ2) is 2.41. The van der Waals surface area contributed by atoms with Gasteiger partial charge in [0.1, 0.15) is 5.56 Å². The topological polar surface area (TPSA) is 109 Å². The number of aromatic nitrogens is 2. The largest absolute Gasteiger partial charge is 0.478 e. The summed E-state index contributed by atoms with van der Waals surface area (Å²) in [7, 11) is 0. The van der Waals surface area contributed by atoms with Gasteiger partial charge in [-0.2, -0.15) is 5.10 Å². The smallest absolute Gasteiger partial charge is 0.339 e. The van der Waals surface area contributed by atoms with Crippen molar-refractivity contribution in [1.29, 1.82) is 0 Å². The van der Waals surface area contributed by atoms with Crippen LogP contribution in [0.1, 0.15) is 10.4 Å². The van der Waals surface area contributed by atoms with Crippen LogP contribution < -0.4 is 11.3 Å². The van der Waals surface area contributed by atoms with Crippen LogP contribution in [-0.4, -0.2) is 21.3 Å². The number of nitrogen functional groups attached to an aromatic ring is 1. The van der Waals surface area contributed by atoms with E-state index in [4.69, 9.17) is 10.8 Å². The molecule has 6 nitrogen and oxygen atoms in total. The van der Waals surface area contributed by atoms with E-state index in [1.54, 1.807) is 0 Å². The molecule has 0 aliphatic rings. The highest BCUT2D eigenvalue weighted by Crippen LogP contribution is 2.01. The first-order valence-electron chi connectivity index (χ1n) is 2.70. The molecule has 0 amide bonds. The first kappa shape index (κ1) is 7.26. The van der Waals surface area contributed by atoms with Crippen molar-refractivity contribution in [2.45, 2.75) is 0 Å². The number of carboxylic acid groups (broad SMARTS) is 1. The van der Waals surface area contributed by atoms with Crippen LogP contribution in [0.15, 0.2) is 10.9 Å². The second-order valence-electron chi connectivity index (χ2n) is 1.84. The number of carboxylic acids is 1. The van der Waals surface area contributed by atoms with E-state index in [0.717, 1.165) is 6.07 Å². The van der Waals surface area contributed by atoms with Crippen LogP contribution in [0.2, 0.25) is 0 Å². The van der Waals surface area contributed by atoms with Gasteiger partial charge < -0.3 is 10.8 Å². The number of aromatic carboxylic acids is 1. The van der Waals surface area contributed by atoms with Crippen molar-refractivity contribution in [1.82, 2.24) is 10.2 Å². The molecule has 0 atom stereocenters. The third-order valence-corrected chi connectivity index (χ3v) is 1.07. The third kappa shape index (κ3) is 1.34. The maximum atomic E-state index is 10.5. The van der Waals surface area contributed by atoms with Crippen LogP contribution in [0.5, 0.6) is 0 Å². The summed E-state index contributed by atoms with van der Waals surface area (Å²) >= 11 is 0. The van der Waals surface area contributed by atoms with Gasteiger partial charge in [-0.05, 0) is 0 Å². The standard InChI is InChI=1S/C5H5N3O3/c6-4-2(5(10)11)1-3(9)7-8-4/h1H,(H2,6,8)(H,7,9)(H,10,11). The van der Waals surface area contributed by atoms with Crippen molar-refractivity contribution in [3.05, 3.63) is 22.0 Å². The number of carbonyl (C=O) groups is 1. The van der Waals surface area contributed by atoms with Crippen LogP contribution in [0.25, 0.3) is 0 Å². The number of nitrogens with one attached hydrogen (secondary N) is 1. The van der Waals surface area contributed by atoms with Gasteiger partial charge in [0.25, 0.3) is 5.56 Å². The van der Waals surface area contributed by atoms with Crippen molar-refractivity contribution in [2.75, 3.05) is 5.73 Å². The molecule has 4 N–H and O–H groups in total. The zero-order valence-electron chi connectivity index (χ0n) is 5.37. The first-order chi connectivity index (χ1) is 5.11. The molecule has 11 heavy (non-hydrogen) atoms. The number of anilines is 1. The lowest BCUT2D eigenvalue weighted by atomic mass is 10.3. The number of aromatic amines is 1. The number of hydrogen-bond acceptors (Lipinski definition) is 4. The third-order valence-electron chi connectivity index (χ3n) is 1.07. The molecule has 1 rings (SSSR count). The van der Waals surface area contributed by atoms with Crippen LogP contribution in [0.3, 0.4) is 0 Å². The molecule has 1 aromatic rings. The fraction of sp³-hybridized carbons (Fsp3) is 0. The molecule has 0 fully saturated rings. The lowest BCUT2D eigenvalue weighted by Crippen LogP contribution is -2.14. The average Bonchev–Trinajstić information content (AvgIpc) is 1.94. The Morgan fingerprint density at radius 1 is 1.73 bits per heavy atom. The lowest BCUT2D eigenvalue weighted by Gasteiger charge is -1.94. The molecule has 0 aromatic carbocycles. The van der Waals surface area contributed by atoms with E-state index < -0.39 is 11.5 Å². The average molecular weight is 155 g/mol. The van der Waals surface area contributed by atoms with Gasteiger partial charge in [0.15, 0.2) is 5.82 Å². The Kier molecular flexibility index (Phi) is 1.59. The minimum absolute atomic E-state index is 0.197. The molecular formula is C5H5N3O3. The molecule has 0 saturated heterocycles. The molecule has 58 valence electrons. The minimum atomic E-state index is -1.26. The van der Waals surface area contributed by atoms with Crippen molar-refractivity contribution in [2.24, 2.45) is 0 Å². The fourth-order valence-electron chi connectivity index (χ4n) is 0.584. The Morgan fingerprint density at radius 3 is 2.82 bits per heavy atom. The summed E-state index contributed by atoms with van der Waals surface area (Å²) in [6, 6.07) is 0.880. The quantitative estimate of drug-likeness (QED) is 0.484. The maximum absolute atomic E-state index is 10.5. The molecule has 1 heterocycles.